The normalized spacial score (nSPS) is 14.6. The Balaban J connectivity index is 1.99. The first kappa shape index (κ1) is 15.8. The monoisotopic (exact) mass is 305 g/mol. The molecule has 118 valence electrons. The van der Waals surface area contributed by atoms with Crippen LogP contribution < -0.4 is 5.32 Å². The molecule has 1 heterocycles. The minimum absolute atomic E-state index is 0.0896. The SMILES string of the molecule is CCNC(=O)N1CCN(C(=O)c2cccc(C(=O)O)c2)CC1. The van der Waals surface area contributed by atoms with Gasteiger partial charge in [-0.25, -0.2) is 9.59 Å². The molecule has 1 aromatic rings. The van der Waals surface area contributed by atoms with Crippen molar-refractivity contribution in [1.82, 2.24) is 15.1 Å². The fourth-order valence-corrected chi connectivity index (χ4v) is 2.34. The Morgan fingerprint density at radius 3 is 2.27 bits per heavy atom. The van der Waals surface area contributed by atoms with E-state index >= 15 is 0 Å². The van der Waals surface area contributed by atoms with E-state index in [0.717, 1.165) is 0 Å². The van der Waals surface area contributed by atoms with Crippen LogP contribution in [0.1, 0.15) is 27.6 Å². The Kier molecular flexibility index (Phi) is 4.98. The number of carboxylic acids is 1. The number of nitrogens with zero attached hydrogens (tertiary/aromatic N) is 2. The van der Waals surface area contributed by atoms with Crippen molar-refractivity contribution in [2.75, 3.05) is 32.7 Å². The van der Waals surface area contributed by atoms with Gasteiger partial charge in [-0.15, -0.1) is 0 Å². The number of nitrogens with one attached hydrogen (secondary N) is 1. The predicted molar refractivity (Wildman–Crippen MR) is 80.0 cm³/mol. The summed E-state index contributed by atoms with van der Waals surface area (Å²) in [4.78, 5) is 38.4. The van der Waals surface area contributed by atoms with Crippen molar-refractivity contribution in [3.63, 3.8) is 0 Å². The molecule has 7 heteroatoms. The van der Waals surface area contributed by atoms with Gasteiger partial charge in [0.15, 0.2) is 0 Å². The number of hydrogen-bond acceptors (Lipinski definition) is 3. The summed E-state index contributed by atoms with van der Waals surface area (Å²) in [5.74, 6) is -1.27. The molecule has 0 spiro atoms. The van der Waals surface area contributed by atoms with Crippen molar-refractivity contribution < 1.29 is 19.5 Å². The molecule has 2 rings (SSSR count). The van der Waals surface area contributed by atoms with Gasteiger partial charge in [-0.3, -0.25) is 4.79 Å². The van der Waals surface area contributed by atoms with Gasteiger partial charge >= 0.3 is 12.0 Å². The molecule has 0 saturated carbocycles. The molecule has 1 aromatic carbocycles. The van der Waals surface area contributed by atoms with E-state index in [1.807, 2.05) is 6.92 Å². The van der Waals surface area contributed by atoms with E-state index in [9.17, 15) is 14.4 Å². The molecular weight excluding hydrogens is 286 g/mol. The maximum Gasteiger partial charge on any atom is 0.335 e. The minimum Gasteiger partial charge on any atom is -0.478 e. The van der Waals surface area contributed by atoms with E-state index in [-0.39, 0.29) is 17.5 Å². The summed E-state index contributed by atoms with van der Waals surface area (Å²) in [5.41, 5.74) is 0.443. The number of benzene rings is 1. The molecule has 7 nitrogen and oxygen atoms in total. The summed E-state index contributed by atoms with van der Waals surface area (Å²) in [5, 5.41) is 11.7. The Morgan fingerprint density at radius 2 is 1.68 bits per heavy atom. The highest BCUT2D eigenvalue weighted by molar-refractivity contribution is 5.97. The molecule has 0 unspecified atom stereocenters. The van der Waals surface area contributed by atoms with Crippen molar-refractivity contribution in [3.8, 4) is 0 Å². The lowest BCUT2D eigenvalue weighted by Crippen LogP contribution is -2.53. The van der Waals surface area contributed by atoms with Crippen LogP contribution in [0.15, 0.2) is 24.3 Å². The highest BCUT2D eigenvalue weighted by Gasteiger charge is 2.24. The Morgan fingerprint density at radius 1 is 1.09 bits per heavy atom. The topological polar surface area (TPSA) is 90.0 Å². The lowest BCUT2D eigenvalue weighted by Gasteiger charge is -2.34. The Hall–Kier alpha value is -2.57. The van der Waals surface area contributed by atoms with E-state index in [4.69, 9.17) is 5.11 Å². The second kappa shape index (κ2) is 6.93. The highest BCUT2D eigenvalue weighted by Crippen LogP contribution is 2.11. The Bertz CT molecular complexity index is 580. The number of amides is 3. The second-order valence-corrected chi connectivity index (χ2v) is 5.00. The van der Waals surface area contributed by atoms with Gasteiger partial charge in [0.25, 0.3) is 5.91 Å². The van der Waals surface area contributed by atoms with Gasteiger partial charge < -0.3 is 20.2 Å². The van der Waals surface area contributed by atoms with Gasteiger partial charge in [0, 0.05) is 38.3 Å². The van der Waals surface area contributed by atoms with Crippen LogP contribution in [0, 0.1) is 0 Å². The number of hydrogen-bond donors (Lipinski definition) is 2. The standard InChI is InChI=1S/C15H19N3O4/c1-2-16-15(22)18-8-6-17(7-9-18)13(19)11-4-3-5-12(10-11)14(20)21/h3-5,10H,2,6-9H2,1H3,(H,16,22)(H,20,21). The van der Waals surface area contributed by atoms with Gasteiger partial charge in [-0.2, -0.15) is 0 Å². The number of rotatable bonds is 3. The van der Waals surface area contributed by atoms with Crippen LogP contribution in [0.2, 0.25) is 0 Å². The maximum atomic E-state index is 12.4. The fraction of sp³-hybridized carbons (Fsp3) is 0.400. The van der Waals surface area contributed by atoms with Crippen LogP contribution in [0.4, 0.5) is 4.79 Å². The van der Waals surface area contributed by atoms with Gasteiger partial charge in [0.2, 0.25) is 0 Å². The third-order valence-corrected chi connectivity index (χ3v) is 3.54. The third-order valence-electron chi connectivity index (χ3n) is 3.54. The quantitative estimate of drug-likeness (QED) is 0.867. The molecule has 1 saturated heterocycles. The summed E-state index contributed by atoms with van der Waals surface area (Å²) < 4.78 is 0. The molecule has 0 bridgehead atoms. The molecule has 3 amide bonds. The van der Waals surface area contributed by atoms with Crippen molar-refractivity contribution in [2.24, 2.45) is 0 Å². The zero-order valence-electron chi connectivity index (χ0n) is 12.4. The number of aromatic carboxylic acids is 1. The Labute approximate surface area is 128 Å². The number of carboxylic acid groups (broad SMARTS) is 1. The van der Waals surface area contributed by atoms with Crippen LogP contribution in [-0.2, 0) is 0 Å². The molecule has 0 aliphatic carbocycles. The average molecular weight is 305 g/mol. The van der Waals surface area contributed by atoms with Crippen molar-refractivity contribution in [1.29, 1.82) is 0 Å². The first-order valence-corrected chi connectivity index (χ1v) is 7.18. The number of carbonyl (C=O) groups excluding carboxylic acids is 2. The van der Waals surface area contributed by atoms with E-state index in [1.54, 1.807) is 21.9 Å². The maximum absolute atomic E-state index is 12.4. The van der Waals surface area contributed by atoms with Crippen LogP contribution in [0.5, 0.6) is 0 Å². The minimum atomic E-state index is -1.06. The van der Waals surface area contributed by atoms with Crippen LogP contribution in [0.3, 0.4) is 0 Å². The van der Waals surface area contributed by atoms with E-state index in [0.29, 0.717) is 38.3 Å². The molecule has 1 aliphatic rings. The van der Waals surface area contributed by atoms with E-state index < -0.39 is 5.97 Å². The predicted octanol–water partition coefficient (Wildman–Crippen LogP) is 0.872. The fourth-order valence-electron chi connectivity index (χ4n) is 2.34. The van der Waals surface area contributed by atoms with Gasteiger partial charge in [0.05, 0.1) is 5.56 Å². The lowest BCUT2D eigenvalue weighted by atomic mass is 10.1. The van der Waals surface area contributed by atoms with Gasteiger partial charge in [-0.05, 0) is 25.1 Å². The van der Waals surface area contributed by atoms with Crippen LogP contribution in [-0.4, -0.2) is 65.5 Å². The number of carbonyl (C=O) groups is 3. The largest absolute Gasteiger partial charge is 0.478 e. The molecule has 22 heavy (non-hydrogen) atoms. The zero-order valence-corrected chi connectivity index (χ0v) is 12.4. The molecule has 1 fully saturated rings. The second-order valence-electron chi connectivity index (χ2n) is 5.00. The van der Waals surface area contributed by atoms with Gasteiger partial charge in [0.1, 0.15) is 0 Å². The molecule has 1 aliphatic heterocycles. The molecule has 0 aromatic heterocycles. The summed E-state index contributed by atoms with van der Waals surface area (Å²) >= 11 is 0. The number of piperazine rings is 1. The van der Waals surface area contributed by atoms with Crippen molar-refractivity contribution in [2.45, 2.75) is 6.92 Å². The molecule has 2 N–H and O–H groups in total. The third kappa shape index (κ3) is 3.55. The summed E-state index contributed by atoms with van der Waals surface area (Å²) in [6.07, 6.45) is 0. The molecular formula is C15H19N3O4. The van der Waals surface area contributed by atoms with Gasteiger partial charge in [-0.1, -0.05) is 6.07 Å². The smallest absolute Gasteiger partial charge is 0.335 e. The van der Waals surface area contributed by atoms with Crippen LogP contribution >= 0.6 is 0 Å². The average Bonchev–Trinajstić information content (AvgIpc) is 2.54. The lowest BCUT2D eigenvalue weighted by molar-refractivity contribution is 0.0665. The first-order chi connectivity index (χ1) is 10.5. The summed E-state index contributed by atoms with van der Waals surface area (Å²) in [6.45, 7) is 4.24. The zero-order chi connectivity index (χ0) is 16.1. The highest BCUT2D eigenvalue weighted by atomic mass is 16.4. The summed E-state index contributed by atoms with van der Waals surface area (Å²) in [7, 11) is 0. The van der Waals surface area contributed by atoms with Crippen molar-refractivity contribution in [3.05, 3.63) is 35.4 Å². The molecule has 0 radical (unpaired) electrons. The molecule has 0 atom stereocenters. The van der Waals surface area contributed by atoms with E-state index in [2.05, 4.69) is 5.32 Å². The first-order valence-electron chi connectivity index (χ1n) is 7.18. The van der Waals surface area contributed by atoms with E-state index in [1.165, 1.54) is 12.1 Å². The van der Waals surface area contributed by atoms with Crippen molar-refractivity contribution >= 4 is 17.9 Å². The summed E-state index contributed by atoms with van der Waals surface area (Å²) in [6, 6.07) is 5.86. The van der Waals surface area contributed by atoms with Crippen LogP contribution in [0.25, 0.3) is 0 Å². The number of urea groups is 1.